The van der Waals surface area contributed by atoms with Crippen molar-refractivity contribution in [1.82, 2.24) is 24.3 Å². The van der Waals surface area contributed by atoms with E-state index in [4.69, 9.17) is 0 Å². The summed E-state index contributed by atoms with van der Waals surface area (Å²) in [5.74, 6) is 0.460. The van der Waals surface area contributed by atoms with Gasteiger partial charge in [0.15, 0.2) is 5.69 Å². The predicted octanol–water partition coefficient (Wildman–Crippen LogP) is 0.875. The Morgan fingerprint density at radius 1 is 1.42 bits per heavy atom. The largest absolute Gasteiger partial charge is 0.358 e. The molecule has 10 heteroatoms. The molecule has 0 aromatic carbocycles. The van der Waals surface area contributed by atoms with E-state index in [0.29, 0.717) is 25.3 Å². The van der Waals surface area contributed by atoms with Crippen molar-refractivity contribution in [3.05, 3.63) is 46.2 Å². The summed E-state index contributed by atoms with van der Waals surface area (Å²) in [4.78, 5) is 29.4. The zero-order valence-corrected chi connectivity index (χ0v) is 14.2. The van der Waals surface area contributed by atoms with Gasteiger partial charge in [0.05, 0.1) is 7.05 Å². The SMILES string of the molecule is Cl.Cn1ccnc1C1CNCCN1C(=O)c1ccc([N+](=O)[O-])n1C. The van der Waals surface area contributed by atoms with Crippen LogP contribution in [0.25, 0.3) is 0 Å². The summed E-state index contributed by atoms with van der Waals surface area (Å²) in [7, 11) is 3.41. The summed E-state index contributed by atoms with van der Waals surface area (Å²) in [5.41, 5.74) is 0.304. The zero-order valence-electron chi connectivity index (χ0n) is 13.4. The van der Waals surface area contributed by atoms with Crippen LogP contribution in [0.3, 0.4) is 0 Å². The Bertz CT molecular complexity index is 756. The maximum atomic E-state index is 12.9. The van der Waals surface area contributed by atoms with Crippen LogP contribution in [0.1, 0.15) is 22.4 Å². The van der Waals surface area contributed by atoms with Crippen LogP contribution >= 0.6 is 12.4 Å². The van der Waals surface area contributed by atoms with E-state index in [1.54, 1.807) is 11.1 Å². The fourth-order valence-corrected chi connectivity index (χ4v) is 2.92. The van der Waals surface area contributed by atoms with Crippen LogP contribution in [-0.4, -0.2) is 49.5 Å². The van der Waals surface area contributed by atoms with Crippen molar-refractivity contribution < 1.29 is 9.72 Å². The van der Waals surface area contributed by atoms with Crippen LogP contribution in [-0.2, 0) is 14.1 Å². The number of piperazine rings is 1. The third-order valence-corrected chi connectivity index (χ3v) is 4.16. The molecule has 0 radical (unpaired) electrons. The first kappa shape index (κ1) is 18.0. The smallest absolute Gasteiger partial charge is 0.323 e. The average molecular weight is 355 g/mol. The molecule has 130 valence electrons. The van der Waals surface area contributed by atoms with Crippen LogP contribution in [0.2, 0.25) is 0 Å². The number of hydrogen-bond acceptors (Lipinski definition) is 5. The first-order valence-corrected chi connectivity index (χ1v) is 7.29. The average Bonchev–Trinajstić information content (AvgIpc) is 3.12. The molecule has 24 heavy (non-hydrogen) atoms. The first-order chi connectivity index (χ1) is 11.0. The molecule has 0 aliphatic carbocycles. The molecule has 1 saturated heterocycles. The Labute approximate surface area is 144 Å². The monoisotopic (exact) mass is 354 g/mol. The minimum Gasteiger partial charge on any atom is -0.358 e. The molecule has 3 heterocycles. The lowest BCUT2D eigenvalue weighted by Crippen LogP contribution is -2.49. The van der Waals surface area contributed by atoms with Crippen molar-refractivity contribution >= 4 is 24.1 Å². The molecular weight excluding hydrogens is 336 g/mol. The summed E-state index contributed by atoms with van der Waals surface area (Å²) >= 11 is 0. The van der Waals surface area contributed by atoms with Crippen LogP contribution in [0.4, 0.5) is 5.82 Å². The Morgan fingerprint density at radius 3 is 2.75 bits per heavy atom. The van der Waals surface area contributed by atoms with Gasteiger partial charge in [-0.15, -0.1) is 12.4 Å². The third kappa shape index (κ3) is 3.00. The number of aromatic nitrogens is 3. The van der Waals surface area contributed by atoms with Crippen molar-refractivity contribution in [3.8, 4) is 0 Å². The molecule has 0 saturated carbocycles. The Balaban J connectivity index is 0.00000208. The number of hydrogen-bond donors (Lipinski definition) is 1. The molecule has 1 N–H and O–H groups in total. The predicted molar refractivity (Wildman–Crippen MR) is 89.2 cm³/mol. The number of halogens is 1. The second kappa shape index (κ2) is 7.02. The van der Waals surface area contributed by atoms with Gasteiger partial charge in [-0.05, 0) is 11.0 Å². The normalized spacial score (nSPS) is 17.4. The summed E-state index contributed by atoms with van der Waals surface area (Å²) in [6, 6.07) is 2.65. The highest BCUT2D eigenvalue weighted by Crippen LogP contribution is 2.24. The lowest BCUT2D eigenvalue weighted by Gasteiger charge is -2.35. The molecule has 9 nitrogen and oxygen atoms in total. The number of amides is 1. The van der Waals surface area contributed by atoms with Gasteiger partial charge >= 0.3 is 5.82 Å². The van der Waals surface area contributed by atoms with E-state index in [0.717, 1.165) is 5.82 Å². The summed E-state index contributed by atoms with van der Waals surface area (Å²) < 4.78 is 3.20. The van der Waals surface area contributed by atoms with Gasteiger partial charge in [-0.2, -0.15) is 0 Å². The second-order valence-corrected chi connectivity index (χ2v) is 5.51. The second-order valence-electron chi connectivity index (χ2n) is 5.51. The fraction of sp³-hybridized carbons (Fsp3) is 0.429. The number of nitrogens with zero attached hydrogens (tertiary/aromatic N) is 5. The van der Waals surface area contributed by atoms with Crippen molar-refractivity contribution in [1.29, 1.82) is 0 Å². The number of carbonyl (C=O) groups excluding carboxylic acids is 1. The topological polar surface area (TPSA) is 98.2 Å². The zero-order chi connectivity index (χ0) is 16.6. The minimum absolute atomic E-state index is 0. The van der Waals surface area contributed by atoms with Gasteiger partial charge in [-0.1, -0.05) is 0 Å². The Kier molecular flexibility index (Phi) is 5.25. The number of aryl methyl sites for hydroxylation is 1. The quantitative estimate of drug-likeness (QED) is 0.651. The summed E-state index contributed by atoms with van der Waals surface area (Å²) in [6.07, 6.45) is 3.53. The highest BCUT2D eigenvalue weighted by atomic mass is 35.5. The molecule has 1 aliphatic rings. The molecule has 2 aromatic rings. The van der Waals surface area contributed by atoms with Crippen LogP contribution in [0, 0.1) is 10.1 Å². The lowest BCUT2D eigenvalue weighted by molar-refractivity contribution is -0.391. The van der Waals surface area contributed by atoms with Gasteiger partial charge < -0.3 is 24.9 Å². The maximum absolute atomic E-state index is 12.9. The maximum Gasteiger partial charge on any atom is 0.323 e. The van der Waals surface area contributed by atoms with Gasteiger partial charge in [0.25, 0.3) is 5.91 Å². The highest BCUT2D eigenvalue weighted by molar-refractivity contribution is 5.93. The number of nitro groups is 1. The Hall–Kier alpha value is -2.39. The highest BCUT2D eigenvalue weighted by Gasteiger charge is 2.34. The van der Waals surface area contributed by atoms with E-state index in [1.807, 2.05) is 17.8 Å². The number of nitrogens with one attached hydrogen (secondary N) is 1. The van der Waals surface area contributed by atoms with Gasteiger partial charge in [-0.25, -0.2) is 9.55 Å². The molecule has 1 fully saturated rings. The lowest BCUT2D eigenvalue weighted by atomic mass is 10.1. The molecule has 1 atom stereocenters. The minimum atomic E-state index is -0.495. The van der Waals surface area contributed by atoms with E-state index in [9.17, 15) is 14.9 Å². The molecule has 1 amide bonds. The van der Waals surface area contributed by atoms with Crippen LogP contribution in [0.5, 0.6) is 0 Å². The number of carbonyl (C=O) groups is 1. The van der Waals surface area contributed by atoms with Crippen LogP contribution < -0.4 is 5.32 Å². The Morgan fingerprint density at radius 2 is 2.17 bits per heavy atom. The van der Waals surface area contributed by atoms with Crippen LogP contribution in [0.15, 0.2) is 24.5 Å². The number of rotatable bonds is 3. The molecular formula is C14H19ClN6O3. The third-order valence-electron chi connectivity index (χ3n) is 4.16. The summed E-state index contributed by atoms with van der Waals surface area (Å²) in [5, 5.41) is 14.2. The van der Waals surface area contributed by atoms with Crippen molar-refractivity contribution in [3.63, 3.8) is 0 Å². The van der Waals surface area contributed by atoms with Crippen molar-refractivity contribution in [2.45, 2.75) is 6.04 Å². The standard InChI is InChI=1S/C14H18N6O3.ClH/c1-17-7-6-16-13(17)11-9-15-5-8-19(11)14(21)10-3-4-12(18(10)2)20(22)23;/h3-4,6-7,11,15H,5,8-9H2,1-2H3;1H. The summed E-state index contributed by atoms with van der Waals surface area (Å²) in [6.45, 7) is 1.80. The van der Waals surface area contributed by atoms with E-state index >= 15 is 0 Å². The van der Waals surface area contributed by atoms with E-state index in [1.165, 1.54) is 23.7 Å². The van der Waals surface area contributed by atoms with E-state index < -0.39 is 4.92 Å². The molecule has 0 bridgehead atoms. The van der Waals surface area contributed by atoms with Gasteiger partial charge in [0, 0.05) is 45.1 Å². The molecule has 1 unspecified atom stereocenters. The van der Waals surface area contributed by atoms with Gasteiger partial charge in [-0.3, -0.25) is 4.79 Å². The fourth-order valence-electron chi connectivity index (χ4n) is 2.92. The number of imidazole rings is 1. The van der Waals surface area contributed by atoms with Crippen molar-refractivity contribution in [2.75, 3.05) is 19.6 Å². The molecule has 0 spiro atoms. The van der Waals surface area contributed by atoms with Crippen molar-refractivity contribution in [2.24, 2.45) is 14.1 Å². The molecule has 3 rings (SSSR count). The van der Waals surface area contributed by atoms with Gasteiger partial charge in [0.1, 0.15) is 11.9 Å². The van der Waals surface area contributed by atoms with E-state index in [-0.39, 0.29) is 30.2 Å². The first-order valence-electron chi connectivity index (χ1n) is 7.29. The van der Waals surface area contributed by atoms with E-state index in [2.05, 4.69) is 10.3 Å². The molecule has 2 aromatic heterocycles. The molecule has 1 aliphatic heterocycles. The van der Waals surface area contributed by atoms with Gasteiger partial charge in [0.2, 0.25) is 0 Å².